The Bertz CT molecular complexity index is 119. The standard InChI is InChI=1S/C12H25N.FH/c1-3-5-9-13-10-7-12(6-4-2)8-11-13;/h12H,3-11H2,1-2H3;1H. The number of halogens is 1. The molecule has 0 aromatic heterocycles. The topological polar surface area (TPSA) is 4.44 Å². The van der Waals surface area contributed by atoms with Gasteiger partial charge in [-0.2, -0.15) is 0 Å². The molecule has 1 heterocycles. The van der Waals surface area contributed by atoms with Crippen LogP contribution in [0.1, 0.15) is 52.4 Å². The van der Waals surface area contributed by atoms with Crippen molar-refractivity contribution in [3.05, 3.63) is 0 Å². The summed E-state index contributed by atoms with van der Waals surface area (Å²) in [6.07, 6.45) is 8.63. The first-order chi connectivity index (χ1) is 6.36. The highest BCUT2D eigenvalue weighted by Gasteiger charge is 2.20. The minimum absolute atomic E-state index is 0. The number of hydrogen-bond acceptors (Lipinski definition) is 0. The molecule has 86 valence electrons. The van der Waals surface area contributed by atoms with Gasteiger partial charge in [0.05, 0.1) is 19.6 Å². The summed E-state index contributed by atoms with van der Waals surface area (Å²) >= 11 is 0. The molecule has 0 saturated carbocycles. The lowest BCUT2D eigenvalue weighted by molar-refractivity contribution is -0.906. The monoisotopic (exact) mass is 203 g/mol. The van der Waals surface area contributed by atoms with Gasteiger partial charge in [0.2, 0.25) is 0 Å². The molecule has 0 aliphatic carbocycles. The molecule has 1 nitrogen and oxygen atoms in total. The average Bonchev–Trinajstić information content (AvgIpc) is 2.17. The molecular weight excluding hydrogens is 177 g/mol. The van der Waals surface area contributed by atoms with E-state index in [9.17, 15) is 0 Å². The molecule has 1 fully saturated rings. The van der Waals surface area contributed by atoms with Crippen molar-refractivity contribution in [1.29, 1.82) is 0 Å². The number of nitrogens with one attached hydrogen (secondary N) is 1. The molecule has 0 aromatic carbocycles. The van der Waals surface area contributed by atoms with E-state index in [1.54, 1.807) is 0 Å². The van der Waals surface area contributed by atoms with E-state index in [0.717, 1.165) is 5.92 Å². The Morgan fingerprint density at radius 1 is 1.07 bits per heavy atom. The maximum atomic E-state index is 2.32. The molecule has 0 unspecified atom stereocenters. The van der Waals surface area contributed by atoms with Gasteiger partial charge in [0.25, 0.3) is 0 Å². The van der Waals surface area contributed by atoms with Crippen LogP contribution in [0.15, 0.2) is 0 Å². The molecule has 0 radical (unpaired) electrons. The summed E-state index contributed by atoms with van der Waals surface area (Å²) in [5.74, 6) is 1.07. The zero-order chi connectivity index (χ0) is 9.52. The molecule has 1 aliphatic heterocycles. The lowest BCUT2D eigenvalue weighted by Gasteiger charge is -2.29. The third kappa shape index (κ3) is 4.94. The Balaban J connectivity index is 0.00000169. The quantitative estimate of drug-likeness (QED) is 0.578. The summed E-state index contributed by atoms with van der Waals surface area (Å²) in [6, 6.07) is 0. The smallest absolute Gasteiger partial charge is 0.0773 e. The highest BCUT2D eigenvalue weighted by Crippen LogP contribution is 2.15. The minimum Gasteiger partial charge on any atom is -1.00 e. The average molecular weight is 203 g/mol. The SMILES string of the molecule is CCCC[NH+]1CCC(CCC)CC1.[F-]. The molecule has 2 heteroatoms. The first kappa shape index (κ1) is 13.9. The molecule has 1 aliphatic rings. The van der Waals surface area contributed by atoms with Crippen molar-refractivity contribution < 1.29 is 9.60 Å². The van der Waals surface area contributed by atoms with Gasteiger partial charge < -0.3 is 9.60 Å². The summed E-state index contributed by atoms with van der Waals surface area (Å²) in [4.78, 5) is 1.87. The molecular formula is C12H26FN. The summed E-state index contributed by atoms with van der Waals surface area (Å²) in [5.41, 5.74) is 0. The van der Waals surface area contributed by atoms with Crippen LogP contribution >= 0.6 is 0 Å². The van der Waals surface area contributed by atoms with Gasteiger partial charge in [-0.3, -0.25) is 0 Å². The molecule has 0 spiro atoms. The van der Waals surface area contributed by atoms with Crippen LogP contribution in [-0.4, -0.2) is 19.6 Å². The number of rotatable bonds is 5. The Morgan fingerprint density at radius 3 is 2.21 bits per heavy atom. The van der Waals surface area contributed by atoms with E-state index in [1.165, 1.54) is 58.2 Å². The molecule has 0 amide bonds. The van der Waals surface area contributed by atoms with E-state index in [2.05, 4.69) is 13.8 Å². The van der Waals surface area contributed by atoms with Gasteiger partial charge in [-0.05, 0) is 25.2 Å². The van der Waals surface area contributed by atoms with Crippen molar-refractivity contribution in [3.63, 3.8) is 0 Å². The van der Waals surface area contributed by atoms with Crippen LogP contribution in [0.25, 0.3) is 0 Å². The van der Waals surface area contributed by atoms with Crippen molar-refractivity contribution >= 4 is 0 Å². The van der Waals surface area contributed by atoms with E-state index in [0.29, 0.717) is 0 Å². The second-order valence-corrected chi connectivity index (χ2v) is 4.59. The molecule has 1 N–H and O–H groups in total. The van der Waals surface area contributed by atoms with Crippen LogP contribution in [0.2, 0.25) is 0 Å². The van der Waals surface area contributed by atoms with Crippen LogP contribution in [0.4, 0.5) is 0 Å². The van der Waals surface area contributed by atoms with Crippen LogP contribution in [0.3, 0.4) is 0 Å². The molecule has 0 aromatic rings. The molecule has 0 atom stereocenters. The summed E-state index contributed by atoms with van der Waals surface area (Å²) in [5, 5.41) is 0. The van der Waals surface area contributed by atoms with Gasteiger partial charge in [0.1, 0.15) is 0 Å². The van der Waals surface area contributed by atoms with Gasteiger partial charge in [-0.15, -0.1) is 0 Å². The van der Waals surface area contributed by atoms with E-state index in [4.69, 9.17) is 0 Å². The first-order valence-corrected chi connectivity index (χ1v) is 6.20. The number of unbranched alkanes of at least 4 members (excludes halogenated alkanes) is 1. The second kappa shape index (κ2) is 8.22. The highest BCUT2D eigenvalue weighted by molar-refractivity contribution is 4.61. The van der Waals surface area contributed by atoms with Gasteiger partial charge >= 0.3 is 0 Å². The Labute approximate surface area is 88.2 Å². The zero-order valence-electron chi connectivity index (χ0n) is 9.82. The van der Waals surface area contributed by atoms with Crippen molar-refractivity contribution in [3.8, 4) is 0 Å². The Kier molecular flexibility index (Phi) is 8.15. The fraction of sp³-hybridized carbons (Fsp3) is 1.00. The maximum absolute atomic E-state index is 2.32. The van der Waals surface area contributed by atoms with Gasteiger partial charge in [0, 0.05) is 0 Å². The van der Waals surface area contributed by atoms with Crippen molar-refractivity contribution in [2.45, 2.75) is 52.4 Å². The van der Waals surface area contributed by atoms with Crippen molar-refractivity contribution in [2.75, 3.05) is 19.6 Å². The lowest BCUT2D eigenvalue weighted by Crippen LogP contribution is -3.13. The van der Waals surface area contributed by atoms with E-state index >= 15 is 0 Å². The van der Waals surface area contributed by atoms with Gasteiger partial charge in [-0.1, -0.05) is 33.1 Å². The van der Waals surface area contributed by atoms with Gasteiger partial charge in [-0.25, -0.2) is 0 Å². The fourth-order valence-electron chi connectivity index (χ4n) is 2.46. The normalized spacial score (nSPS) is 27.0. The summed E-state index contributed by atoms with van der Waals surface area (Å²) < 4.78 is 0. The fourth-order valence-corrected chi connectivity index (χ4v) is 2.46. The number of quaternary nitrogens is 1. The van der Waals surface area contributed by atoms with Gasteiger partial charge in [0.15, 0.2) is 0 Å². The van der Waals surface area contributed by atoms with E-state index in [-0.39, 0.29) is 4.70 Å². The number of hydrogen-bond donors (Lipinski definition) is 1. The Morgan fingerprint density at radius 2 is 1.71 bits per heavy atom. The third-order valence-corrected chi connectivity index (χ3v) is 3.39. The maximum Gasteiger partial charge on any atom is 0.0773 e. The van der Waals surface area contributed by atoms with E-state index < -0.39 is 0 Å². The Hall–Kier alpha value is -0.110. The van der Waals surface area contributed by atoms with Crippen molar-refractivity contribution in [2.24, 2.45) is 5.92 Å². The zero-order valence-corrected chi connectivity index (χ0v) is 9.82. The molecule has 14 heavy (non-hydrogen) atoms. The molecule has 0 bridgehead atoms. The lowest BCUT2D eigenvalue weighted by atomic mass is 9.92. The van der Waals surface area contributed by atoms with Crippen molar-refractivity contribution in [1.82, 2.24) is 0 Å². The number of likely N-dealkylation sites (tertiary alicyclic amines) is 1. The van der Waals surface area contributed by atoms with E-state index in [1.807, 2.05) is 4.90 Å². The van der Waals surface area contributed by atoms with Crippen LogP contribution < -0.4 is 9.60 Å². The second-order valence-electron chi connectivity index (χ2n) is 4.59. The predicted octanol–water partition coefficient (Wildman–Crippen LogP) is -1.11. The van der Waals surface area contributed by atoms with Crippen LogP contribution in [-0.2, 0) is 0 Å². The molecule has 1 saturated heterocycles. The third-order valence-electron chi connectivity index (χ3n) is 3.39. The largest absolute Gasteiger partial charge is 1.00 e. The van der Waals surface area contributed by atoms with Crippen LogP contribution in [0.5, 0.6) is 0 Å². The summed E-state index contributed by atoms with van der Waals surface area (Å²) in [7, 11) is 0. The first-order valence-electron chi connectivity index (χ1n) is 6.20. The van der Waals surface area contributed by atoms with Crippen LogP contribution in [0, 0.1) is 5.92 Å². The number of piperidine rings is 1. The summed E-state index contributed by atoms with van der Waals surface area (Å²) in [6.45, 7) is 8.93. The minimum atomic E-state index is 0. The highest BCUT2D eigenvalue weighted by atomic mass is 19.0. The molecule has 1 rings (SSSR count). The predicted molar refractivity (Wildman–Crippen MR) is 58.1 cm³/mol.